The molecule has 3 aliphatic rings. The van der Waals surface area contributed by atoms with Crippen LogP contribution in [0.1, 0.15) is 41.9 Å². The molecule has 1 amide bonds. The lowest BCUT2D eigenvalue weighted by atomic mass is 9.70. The van der Waals surface area contributed by atoms with E-state index in [2.05, 4.69) is 21.5 Å². The predicted molar refractivity (Wildman–Crippen MR) is 162 cm³/mol. The average molecular weight is 587 g/mol. The molecule has 2 aromatic carbocycles. The molecule has 1 fully saturated rings. The number of quaternary nitrogens is 1. The van der Waals surface area contributed by atoms with E-state index in [4.69, 9.17) is 4.98 Å². The number of H-pyrrole nitrogens is 1. The van der Waals surface area contributed by atoms with Gasteiger partial charge in [0.2, 0.25) is 5.91 Å². The van der Waals surface area contributed by atoms with Gasteiger partial charge in [0.15, 0.2) is 5.69 Å². The van der Waals surface area contributed by atoms with Gasteiger partial charge in [0, 0.05) is 54.6 Å². The number of para-hydroxylation sites is 2. The lowest BCUT2D eigenvalue weighted by Crippen LogP contribution is -2.99. The Morgan fingerprint density at radius 3 is 2.88 bits per heavy atom. The number of carbonyl (C=O) groups is 1. The Bertz CT molecular complexity index is 1670. The van der Waals surface area contributed by atoms with Crippen LogP contribution in [0.25, 0.3) is 11.0 Å². The summed E-state index contributed by atoms with van der Waals surface area (Å²) in [5.41, 5.74) is 4.92. The number of thioether (sulfide) groups is 1. The fourth-order valence-corrected chi connectivity index (χ4v) is 7.89. The van der Waals surface area contributed by atoms with E-state index in [1.807, 2.05) is 47.0 Å². The summed E-state index contributed by atoms with van der Waals surface area (Å²) in [7, 11) is 0. The molecule has 0 saturated carbocycles. The van der Waals surface area contributed by atoms with Crippen molar-refractivity contribution in [3.63, 3.8) is 0 Å². The van der Waals surface area contributed by atoms with Crippen molar-refractivity contribution in [1.82, 2.24) is 19.9 Å². The molecule has 0 radical (unpaired) electrons. The Morgan fingerprint density at radius 1 is 1.21 bits per heavy atom. The normalized spacial score (nSPS) is 23.9. The third-order valence-electron chi connectivity index (χ3n) is 9.26. The number of aromatic amines is 1. The lowest BCUT2D eigenvalue weighted by Gasteiger charge is -2.54. The summed E-state index contributed by atoms with van der Waals surface area (Å²) < 4.78 is 1.89. The van der Waals surface area contributed by atoms with Crippen LogP contribution in [0.4, 0.5) is 11.4 Å². The van der Waals surface area contributed by atoms with Crippen molar-refractivity contribution in [2.75, 3.05) is 23.5 Å². The maximum atomic E-state index is 14.3. The molecule has 218 valence electrons. The second kappa shape index (κ2) is 10.9. The number of carbonyl (C=O) groups excluding carboxylic acids is 1. The second-order valence-electron chi connectivity index (χ2n) is 11.7. The molecule has 6 unspecified atom stereocenters. The summed E-state index contributed by atoms with van der Waals surface area (Å²) in [5, 5.41) is 23.9. The number of piperidine rings is 1. The number of hydrogen-bond acceptors (Lipinski definition) is 7. The van der Waals surface area contributed by atoms with E-state index in [-0.39, 0.29) is 41.1 Å². The van der Waals surface area contributed by atoms with Crippen LogP contribution < -0.4 is 21.0 Å². The topological polar surface area (TPSA) is 131 Å². The average Bonchev–Trinajstić information content (AvgIpc) is 3.43. The zero-order valence-electron chi connectivity index (χ0n) is 23.3. The number of nitrogens with one attached hydrogen (secondary N) is 3. The van der Waals surface area contributed by atoms with Crippen molar-refractivity contribution >= 4 is 40.1 Å². The third kappa shape index (κ3) is 4.70. The van der Waals surface area contributed by atoms with Gasteiger partial charge in [-0.05, 0) is 67.0 Å². The molecule has 6 atom stereocenters. The van der Waals surface area contributed by atoms with Crippen molar-refractivity contribution in [3.8, 4) is 0 Å². The maximum absolute atomic E-state index is 14.3. The summed E-state index contributed by atoms with van der Waals surface area (Å²) >= 11 is 1.72. The Kier molecular flexibility index (Phi) is 7.05. The van der Waals surface area contributed by atoms with E-state index >= 15 is 0 Å². The van der Waals surface area contributed by atoms with E-state index in [1.165, 1.54) is 0 Å². The number of amides is 1. The molecule has 3 aliphatic heterocycles. The van der Waals surface area contributed by atoms with Crippen LogP contribution in [-0.2, 0) is 17.8 Å². The monoisotopic (exact) mass is 586 g/mol. The number of nitrogens with zero attached hydrogens (tertiary/aromatic N) is 3. The van der Waals surface area contributed by atoms with Crippen LogP contribution in [0.15, 0.2) is 65.5 Å². The molecule has 0 spiro atoms. The van der Waals surface area contributed by atoms with Crippen LogP contribution in [0.5, 0.6) is 0 Å². The fraction of sp³-hybridized carbons (Fsp3) is 0.387. The van der Waals surface area contributed by atoms with E-state index < -0.39 is 11.1 Å². The molecule has 2 bridgehead atoms. The van der Waals surface area contributed by atoms with Gasteiger partial charge in [-0.15, -0.1) is 0 Å². The van der Waals surface area contributed by atoms with Crippen LogP contribution in [-0.4, -0.2) is 50.2 Å². The lowest BCUT2D eigenvalue weighted by molar-refractivity contribution is -0.991. The number of imidazole rings is 1. The minimum Gasteiger partial charge on any atom is -0.595 e. The number of benzene rings is 2. The Hall–Kier alpha value is -3.64. The zero-order valence-corrected chi connectivity index (χ0v) is 24.1. The summed E-state index contributed by atoms with van der Waals surface area (Å²) in [4.78, 5) is 37.7. The van der Waals surface area contributed by atoms with Gasteiger partial charge in [0.05, 0.1) is 23.0 Å². The van der Waals surface area contributed by atoms with Crippen molar-refractivity contribution in [2.24, 2.45) is 11.8 Å². The minimum absolute atomic E-state index is 0.000904. The largest absolute Gasteiger partial charge is 0.595 e. The first-order chi connectivity index (χ1) is 20.4. The van der Waals surface area contributed by atoms with E-state index in [1.54, 1.807) is 30.0 Å². The highest BCUT2D eigenvalue weighted by molar-refractivity contribution is 7.98. The van der Waals surface area contributed by atoms with Gasteiger partial charge in [-0.3, -0.25) is 9.59 Å². The van der Waals surface area contributed by atoms with Gasteiger partial charge in [-0.25, -0.2) is 10.2 Å². The van der Waals surface area contributed by atoms with E-state index in [9.17, 15) is 20.0 Å². The predicted octanol–water partition coefficient (Wildman–Crippen LogP) is 2.90. The van der Waals surface area contributed by atoms with Gasteiger partial charge >= 0.3 is 0 Å². The molecule has 1 saturated heterocycles. The molecule has 7 rings (SSSR count). The van der Waals surface area contributed by atoms with Gasteiger partial charge < -0.3 is 25.0 Å². The van der Waals surface area contributed by atoms with Crippen molar-refractivity contribution in [1.29, 1.82) is 0 Å². The first-order valence-electron chi connectivity index (χ1n) is 14.5. The highest BCUT2D eigenvalue weighted by Crippen LogP contribution is 2.47. The number of anilines is 1. The van der Waals surface area contributed by atoms with Gasteiger partial charge in [0.25, 0.3) is 5.56 Å². The molecular weight excluding hydrogens is 552 g/mol. The van der Waals surface area contributed by atoms with E-state index in [0.717, 1.165) is 52.4 Å². The Balaban J connectivity index is 1.26. The number of rotatable bonds is 7. The Morgan fingerprint density at radius 2 is 2.07 bits per heavy atom. The van der Waals surface area contributed by atoms with Crippen molar-refractivity contribution in [3.05, 3.63) is 93.3 Å². The first kappa shape index (κ1) is 27.2. The molecule has 4 aromatic rings. The quantitative estimate of drug-likeness (QED) is 0.245. The summed E-state index contributed by atoms with van der Waals surface area (Å²) in [5.74, 6) is 1.39. The van der Waals surface area contributed by atoms with E-state index in [0.29, 0.717) is 19.5 Å². The second-order valence-corrected chi connectivity index (χ2v) is 12.7. The number of fused-ring (bicyclic) bond motifs is 9. The molecule has 11 heteroatoms. The molecule has 0 aliphatic carbocycles. The Labute approximate surface area is 247 Å². The summed E-state index contributed by atoms with van der Waals surface area (Å²) in [6.45, 7) is 1.24. The van der Waals surface area contributed by atoms with Gasteiger partial charge in [-0.1, -0.05) is 18.2 Å². The zero-order chi connectivity index (χ0) is 29.0. The fourth-order valence-electron chi connectivity index (χ4n) is 7.41. The minimum atomic E-state index is -0.980. The highest BCUT2D eigenvalue weighted by Gasteiger charge is 2.49. The SMILES string of the molecule is CSCCC(NC(=O)C1Cc2cc([NH+]([O-])O)ccc2N2CC3CC(Cn4c3cccc4=O)C12)c1nc2ccccc2[nH]1. The third-order valence-corrected chi connectivity index (χ3v) is 9.90. The van der Waals surface area contributed by atoms with Crippen molar-refractivity contribution < 1.29 is 15.2 Å². The number of hydrogen-bond donors (Lipinski definition) is 4. The van der Waals surface area contributed by atoms with Crippen LogP contribution in [0.3, 0.4) is 0 Å². The molecule has 2 aromatic heterocycles. The smallest absolute Gasteiger partial charge is 0.250 e. The molecule has 10 nitrogen and oxygen atoms in total. The number of aromatic nitrogens is 3. The van der Waals surface area contributed by atoms with Gasteiger partial charge in [0.1, 0.15) is 5.82 Å². The summed E-state index contributed by atoms with van der Waals surface area (Å²) in [6, 6.07) is 18.2. The van der Waals surface area contributed by atoms with Gasteiger partial charge in [-0.2, -0.15) is 17.0 Å². The maximum Gasteiger partial charge on any atom is 0.250 e. The molecular formula is C31H34N6O4S. The standard InChI is InChI=1S/C31H34N6O4S/c1-42-12-11-25(30-32-23-5-2-3-6-24(23)33-30)34-31(39)22-15-18-14-21(37(40)41)9-10-27(18)36-16-19-13-20(29(22)36)17-35-26(19)7-4-8-28(35)38/h2-10,14,19-20,22,25,29,37,40H,11-13,15-17H2,1H3,(H,32,33)(H,34,39). The number of pyridine rings is 1. The highest BCUT2D eigenvalue weighted by atomic mass is 32.2. The van der Waals surface area contributed by atoms with Crippen LogP contribution in [0, 0.1) is 17.0 Å². The first-order valence-corrected chi connectivity index (χ1v) is 15.9. The van der Waals surface area contributed by atoms with Crippen molar-refractivity contribution in [2.45, 2.75) is 43.8 Å². The molecule has 42 heavy (non-hydrogen) atoms. The molecule has 5 heterocycles. The molecule has 4 N–H and O–H groups in total. The van der Waals surface area contributed by atoms with Crippen LogP contribution in [0.2, 0.25) is 0 Å². The van der Waals surface area contributed by atoms with Crippen LogP contribution >= 0.6 is 11.8 Å². The summed E-state index contributed by atoms with van der Waals surface area (Å²) in [6.07, 6.45) is 4.13.